The maximum Gasteiger partial charge on any atom is 0.119 e. The largest absolute Gasteiger partial charge is 0.494 e. The van der Waals surface area contributed by atoms with Gasteiger partial charge in [0.15, 0.2) is 0 Å². The molecule has 3 atom stereocenters. The third kappa shape index (κ3) is 44.5. The number of para-hydroxylation sites is 1. The van der Waals surface area contributed by atoms with Crippen molar-refractivity contribution in [3.63, 3.8) is 0 Å². The lowest BCUT2D eigenvalue weighted by Crippen LogP contribution is -2.18. The van der Waals surface area contributed by atoms with Gasteiger partial charge in [0.05, 0.1) is 12.7 Å². The monoisotopic (exact) mass is 1330 g/mol. The van der Waals surface area contributed by atoms with Crippen LogP contribution >= 0.6 is 0 Å². The number of hydrogen-bond acceptors (Lipinski definition) is 5. The fourth-order valence-electron chi connectivity index (χ4n) is 10.3. The molecule has 0 amide bonds. The number of benzene rings is 7. The van der Waals surface area contributed by atoms with Crippen LogP contribution in [0.2, 0.25) is 0 Å². The number of ether oxygens (including phenoxy) is 1. The van der Waals surface area contributed by atoms with E-state index >= 15 is 0 Å². The van der Waals surface area contributed by atoms with Crippen LogP contribution in [-0.4, -0.2) is 39.5 Å². The summed E-state index contributed by atoms with van der Waals surface area (Å²) in [6, 6.07) is 83.0. The first-order chi connectivity index (χ1) is 45.5. The van der Waals surface area contributed by atoms with E-state index < -0.39 is 0 Å². The molecule has 10 rings (SSSR count). The van der Waals surface area contributed by atoms with Gasteiger partial charge in [-0.15, -0.1) is 0 Å². The van der Waals surface area contributed by atoms with E-state index in [0.717, 1.165) is 55.6 Å². The van der Waals surface area contributed by atoms with Gasteiger partial charge in [0.1, 0.15) is 5.75 Å². The SMILES string of the molecule is C.C.C.CC(C)C(CO)Cc1ccccc1.CC(C)CCOc1ccccc1.CC(C)Cc1ccccc1.CC(C)Cc1ccccc1.CC(C)Cc1ccccn1.CC(C)[C@@H]1c2ccccc2CC1O.CC(C)c1ccccc1.CC(C)c1ccccc1.CC(C)c1ccccn1. The first kappa shape index (κ1) is 92.6. The highest BCUT2D eigenvalue weighted by Crippen LogP contribution is 2.38. The molecule has 98 heavy (non-hydrogen) atoms. The summed E-state index contributed by atoms with van der Waals surface area (Å²) in [5.74, 6) is 7.60. The zero-order chi connectivity index (χ0) is 70.2. The van der Waals surface area contributed by atoms with E-state index in [9.17, 15) is 5.11 Å². The average Bonchev–Trinajstić information content (AvgIpc) is 1.66. The summed E-state index contributed by atoms with van der Waals surface area (Å²) in [4.78, 5) is 8.40. The Bertz CT molecular complexity index is 2920. The summed E-state index contributed by atoms with van der Waals surface area (Å²) >= 11 is 0. The molecule has 0 saturated heterocycles. The van der Waals surface area contributed by atoms with Crippen LogP contribution < -0.4 is 4.74 Å². The van der Waals surface area contributed by atoms with Gasteiger partial charge in [-0.25, -0.2) is 0 Å². The molecule has 0 fully saturated rings. The van der Waals surface area contributed by atoms with E-state index in [2.05, 4.69) is 280 Å². The Balaban J connectivity index is 0. The summed E-state index contributed by atoms with van der Waals surface area (Å²) in [5, 5.41) is 19.0. The normalized spacial score (nSPS) is 12.5. The highest BCUT2D eigenvalue weighted by Gasteiger charge is 2.32. The molecule has 7 aromatic carbocycles. The number of nitrogens with zero attached hydrogens (tertiary/aromatic N) is 2. The molecule has 0 aliphatic heterocycles. The molecule has 538 valence electrons. The molecule has 2 aromatic heterocycles. The van der Waals surface area contributed by atoms with Gasteiger partial charge in [0, 0.05) is 36.3 Å². The molecule has 2 N–H and O–H groups in total. The van der Waals surface area contributed by atoms with Gasteiger partial charge >= 0.3 is 0 Å². The number of hydrogen-bond donors (Lipinski definition) is 2. The van der Waals surface area contributed by atoms with E-state index in [0.29, 0.717) is 53.3 Å². The van der Waals surface area contributed by atoms with Gasteiger partial charge in [0.2, 0.25) is 0 Å². The number of rotatable bonds is 18. The lowest BCUT2D eigenvalue weighted by atomic mass is 9.89. The minimum absolute atomic E-state index is 0. The number of aliphatic hydroxyl groups excluding tert-OH is 2. The molecule has 2 unspecified atom stereocenters. The quantitative estimate of drug-likeness (QED) is 0.0895. The van der Waals surface area contributed by atoms with Crippen molar-refractivity contribution in [3.8, 4) is 5.75 Å². The van der Waals surface area contributed by atoms with Crippen molar-refractivity contribution in [3.05, 3.63) is 305 Å². The van der Waals surface area contributed by atoms with Gasteiger partial charge in [-0.05, 0) is 173 Å². The first-order valence-corrected chi connectivity index (χ1v) is 35.6. The van der Waals surface area contributed by atoms with Crippen molar-refractivity contribution < 1.29 is 14.9 Å². The lowest BCUT2D eigenvalue weighted by Gasteiger charge is -2.19. The summed E-state index contributed by atoms with van der Waals surface area (Å²) in [6.07, 6.45) is 9.91. The zero-order valence-electron chi connectivity index (χ0n) is 62.0. The van der Waals surface area contributed by atoms with Gasteiger partial charge in [0.25, 0.3) is 0 Å². The van der Waals surface area contributed by atoms with Crippen molar-refractivity contribution in [1.29, 1.82) is 0 Å². The minimum Gasteiger partial charge on any atom is -0.494 e. The van der Waals surface area contributed by atoms with Crippen LogP contribution in [0.5, 0.6) is 5.75 Å². The van der Waals surface area contributed by atoms with Crippen molar-refractivity contribution in [2.45, 2.75) is 215 Å². The number of pyridine rings is 2. The van der Waals surface area contributed by atoms with Gasteiger partial charge < -0.3 is 14.9 Å². The standard InChI is InChI=1S/C12H16O.C12H18O.C11H16O.2C10H14.C9H13N.2C9H12.C8H11N.3CH4/c1-8(2)12-10-6-4-3-5-9(10)7-11(12)13;1-10(2)12(9-13)8-11-6-4-3-5-7-11;1-10(2)8-9-12-11-6-4-3-5-7-11;2*1-9(2)8-10-6-4-3-5-7-10;1-8(2)7-9-5-3-4-6-10-9;2*1-8(2)9-6-4-3-5-7-9;1-7(2)8-5-3-4-6-9-8;;;/h3-6,8,11-13H,7H2,1-2H3;3-7,10,12-13H,8-9H2,1-2H3;3-7,10H,8-9H2,1-2H3;2*3-7,9H,8H2,1-2H3;3-6,8H,7H2,1-2H3;2*3-8H,1-2H3;3-7H,1-2H3;3*1H4/t11?,12-;;;;;;;;;;;/m1.........../s1. The topological polar surface area (TPSA) is 75.5 Å². The smallest absolute Gasteiger partial charge is 0.119 e. The molecule has 1 aliphatic rings. The van der Waals surface area contributed by atoms with Crippen LogP contribution in [0, 0.1) is 41.4 Å². The maximum absolute atomic E-state index is 9.88. The minimum atomic E-state index is -0.169. The Labute approximate surface area is 602 Å². The van der Waals surface area contributed by atoms with Crippen LogP contribution in [0.15, 0.2) is 255 Å². The molecule has 1 aliphatic carbocycles. The van der Waals surface area contributed by atoms with Crippen LogP contribution in [0.4, 0.5) is 0 Å². The predicted octanol–water partition coefficient (Wildman–Crippen LogP) is 25.7. The number of aliphatic hydroxyl groups is 2. The van der Waals surface area contributed by atoms with Crippen LogP contribution in [0.1, 0.15) is 227 Å². The van der Waals surface area contributed by atoms with Gasteiger partial charge in [-0.1, -0.05) is 353 Å². The maximum atomic E-state index is 9.88. The first-order valence-electron chi connectivity index (χ1n) is 35.6. The second-order valence-electron chi connectivity index (χ2n) is 28.1. The lowest BCUT2D eigenvalue weighted by molar-refractivity contribution is 0.136. The number of fused-ring (bicyclic) bond motifs is 1. The van der Waals surface area contributed by atoms with Crippen molar-refractivity contribution >= 4 is 0 Å². The highest BCUT2D eigenvalue weighted by atomic mass is 16.5. The molecule has 9 aromatic rings. The summed E-state index contributed by atoms with van der Waals surface area (Å²) in [7, 11) is 0. The van der Waals surface area contributed by atoms with Crippen LogP contribution in [-0.2, 0) is 32.1 Å². The van der Waals surface area contributed by atoms with Gasteiger partial charge in [-0.3, -0.25) is 9.97 Å². The van der Waals surface area contributed by atoms with Crippen molar-refractivity contribution in [2.75, 3.05) is 13.2 Å². The second-order valence-corrected chi connectivity index (χ2v) is 28.1. The predicted molar refractivity (Wildman–Crippen MR) is 433 cm³/mol. The van der Waals surface area contributed by atoms with E-state index in [1.807, 2.05) is 109 Å². The summed E-state index contributed by atoms with van der Waals surface area (Å²) in [5.41, 5.74) is 12.1. The Morgan fingerprint density at radius 3 is 1.09 bits per heavy atom. The van der Waals surface area contributed by atoms with E-state index in [-0.39, 0.29) is 35.0 Å². The van der Waals surface area contributed by atoms with Crippen molar-refractivity contribution in [2.24, 2.45) is 41.4 Å². The second kappa shape index (κ2) is 56.4. The average molecular weight is 1330 g/mol. The third-order valence-electron chi connectivity index (χ3n) is 15.7. The Hall–Kier alpha value is -7.44. The van der Waals surface area contributed by atoms with Crippen LogP contribution in [0.25, 0.3) is 0 Å². The zero-order valence-corrected chi connectivity index (χ0v) is 62.0. The van der Waals surface area contributed by atoms with E-state index in [1.54, 1.807) is 0 Å². The molecule has 0 saturated carbocycles. The highest BCUT2D eigenvalue weighted by molar-refractivity contribution is 5.37. The fourth-order valence-corrected chi connectivity index (χ4v) is 10.3. The third-order valence-corrected chi connectivity index (χ3v) is 15.7. The van der Waals surface area contributed by atoms with Gasteiger partial charge in [-0.2, -0.15) is 0 Å². The fraction of sp³-hybridized carbons (Fsp3) is 0.441. The molecular formula is C93H138N2O3. The van der Waals surface area contributed by atoms with E-state index in [1.165, 1.54) is 57.5 Å². The molecule has 0 bridgehead atoms. The Morgan fingerprint density at radius 1 is 0.388 bits per heavy atom. The Morgan fingerprint density at radius 2 is 0.765 bits per heavy atom. The molecular weight excluding hydrogens is 1190 g/mol. The van der Waals surface area contributed by atoms with Crippen LogP contribution in [0.3, 0.4) is 0 Å². The number of aromatic nitrogens is 2. The summed E-state index contributed by atoms with van der Waals surface area (Å²) < 4.78 is 5.52. The van der Waals surface area contributed by atoms with Crippen molar-refractivity contribution in [1.82, 2.24) is 9.97 Å². The molecule has 0 radical (unpaired) electrons. The molecule has 2 heterocycles. The molecule has 0 spiro atoms. The molecule has 5 heteroatoms. The molecule has 5 nitrogen and oxygen atoms in total. The summed E-state index contributed by atoms with van der Waals surface area (Å²) in [6.45, 7) is 40.7. The Kier molecular flexibility index (Phi) is 53.3. The van der Waals surface area contributed by atoms with E-state index in [4.69, 9.17) is 9.84 Å².